The van der Waals surface area contributed by atoms with E-state index >= 15 is 0 Å². The summed E-state index contributed by atoms with van der Waals surface area (Å²) >= 11 is 0. The molecule has 0 aliphatic carbocycles. The number of ether oxygens (including phenoxy) is 2. The molecule has 4 rings (SSSR count). The van der Waals surface area contributed by atoms with Crippen molar-refractivity contribution >= 4 is 11.6 Å². The molecule has 0 atom stereocenters. The first-order valence-electron chi connectivity index (χ1n) is 10.4. The zero-order chi connectivity index (χ0) is 23.4. The van der Waals surface area contributed by atoms with Crippen LogP contribution in [0.3, 0.4) is 0 Å². The van der Waals surface area contributed by atoms with Crippen LogP contribution in [0.15, 0.2) is 42.7 Å². The molecule has 1 aliphatic rings. The first-order chi connectivity index (χ1) is 15.9. The molecule has 33 heavy (non-hydrogen) atoms. The van der Waals surface area contributed by atoms with E-state index in [9.17, 15) is 17.6 Å². The number of hydrogen-bond acceptors (Lipinski definition) is 6. The summed E-state index contributed by atoms with van der Waals surface area (Å²) in [6.45, 7) is 1.27. The highest BCUT2D eigenvalue weighted by Crippen LogP contribution is 2.24. The molecule has 1 N–H and O–H groups in total. The van der Waals surface area contributed by atoms with Crippen LogP contribution in [0.4, 0.5) is 29.2 Å². The number of benzene rings is 2. The number of halogens is 4. The second-order valence-electron chi connectivity index (χ2n) is 7.75. The molecule has 1 saturated heterocycles. The van der Waals surface area contributed by atoms with Gasteiger partial charge in [-0.05, 0) is 32.0 Å². The van der Waals surface area contributed by atoms with Crippen molar-refractivity contribution in [1.29, 1.82) is 0 Å². The van der Waals surface area contributed by atoms with Gasteiger partial charge in [-0.2, -0.15) is 0 Å². The molecule has 0 saturated carbocycles. The maximum Gasteiger partial charge on any atom is 0.227 e. The first kappa shape index (κ1) is 22.8. The molecular formula is C23H22F4N4O2. The molecule has 0 spiro atoms. The van der Waals surface area contributed by atoms with Gasteiger partial charge in [-0.3, -0.25) is 0 Å². The topological polar surface area (TPSA) is 59.5 Å². The summed E-state index contributed by atoms with van der Waals surface area (Å²) in [6.07, 6.45) is 4.66. The van der Waals surface area contributed by atoms with Gasteiger partial charge in [0.15, 0.2) is 29.0 Å². The Morgan fingerprint density at radius 3 is 2.30 bits per heavy atom. The Labute approximate surface area is 188 Å². The van der Waals surface area contributed by atoms with E-state index in [-0.39, 0.29) is 23.9 Å². The van der Waals surface area contributed by atoms with E-state index in [1.165, 1.54) is 12.4 Å². The van der Waals surface area contributed by atoms with Gasteiger partial charge in [0, 0.05) is 30.9 Å². The Balaban J connectivity index is 1.36. The van der Waals surface area contributed by atoms with Gasteiger partial charge in [-0.1, -0.05) is 6.07 Å². The molecule has 3 aromatic rings. The lowest BCUT2D eigenvalue weighted by atomic mass is 10.1. The third kappa shape index (κ3) is 5.70. The summed E-state index contributed by atoms with van der Waals surface area (Å²) in [6, 6.07) is 7.56. The summed E-state index contributed by atoms with van der Waals surface area (Å²) in [5, 5.41) is 3.04. The highest BCUT2D eigenvalue weighted by Gasteiger charge is 2.20. The van der Waals surface area contributed by atoms with Crippen LogP contribution in [-0.4, -0.2) is 41.1 Å². The molecular weight excluding hydrogens is 440 g/mol. The first-order valence-corrected chi connectivity index (χ1v) is 10.4. The highest BCUT2D eigenvalue weighted by atomic mass is 19.2. The average Bonchev–Trinajstić information content (AvgIpc) is 2.81. The van der Waals surface area contributed by atoms with Gasteiger partial charge in [0.1, 0.15) is 18.5 Å². The number of anilines is 2. The largest absolute Gasteiger partial charge is 0.490 e. The maximum absolute atomic E-state index is 13.7. The van der Waals surface area contributed by atoms with Crippen molar-refractivity contribution in [2.45, 2.75) is 25.6 Å². The molecule has 1 fully saturated rings. The molecule has 0 radical (unpaired) electrons. The summed E-state index contributed by atoms with van der Waals surface area (Å²) in [5.74, 6) is -4.93. The molecule has 10 heteroatoms. The van der Waals surface area contributed by atoms with Crippen LogP contribution < -0.4 is 14.8 Å². The summed E-state index contributed by atoms with van der Waals surface area (Å²) < 4.78 is 65.3. The molecule has 1 aromatic heterocycles. The van der Waals surface area contributed by atoms with Crippen LogP contribution in [0.5, 0.6) is 11.5 Å². The predicted molar refractivity (Wildman–Crippen MR) is 114 cm³/mol. The number of nitrogens with zero attached hydrogens (tertiary/aromatic N) is 3. The summed E-state index contributed by atoms with van der Waals surface area (Å²) in [7, 11) is 2.09. The highest BCUT2D eigenvalue weighted by molar-refractivity contribution is 5.55. The lowest BCUT2D eigenvalue weighted by Crippen LogP contribution is -2.35. The van der Waals surface area contributed by atoms with E-state index in [1.807, 2.05) is 24.3 Å². The number of aromatic nitrogens is 2. The molecule has 2 heterocycles. The van der Waals surface area contributed by atoms with Crippen LogP contribution in [0.25, 0.3) is 0 Å². The maximum atomic E-state index is 13.7. The van der Waals surface area contributed by atoms with Gasteiger partial charge < -0.3 is 19.7 Å². The summed E-state index contributed by atoms with van der Waals surface area (Å²) in [5.41, 5.74) is -0.135. The molecule has 0 bridgehead atoms. The van der Waals surface area contributed by atoms with Gasteiger partial charge in [0.25, 0.3) is 0 Å². The lowest BCUT2D eigenvalue weighted by molar-refractivity contribution is 0.114. The van der Waals surface area contributed by atoms with Gasteiger partial charge in [0.05, 0.1) is 18.0 Å². The van der Waals surface area contributed by atoms with E-state index in [2.05, 4.69) is 27.2 Å². The van der Waals surface area contributed by atoms with Gasteiger partial charge in [0.2, 0.25) is 5.95 Å². The SMILES string of the molecule is CN1CCC(Oc2cccc(Nc3ncc(OCc4c(F)c(F)cc(F)c4F)cn3)c2)CC1. The van der Waals surface area contributed by atoms with Crippen LogP contribution in [0.1, 0.15) is 18.4 Å². The second kappa shape index (κ2) is 10.0. The predicted octanol–water partition coefficient (Wildman–Crippen LogP) is 4.83. The fraction of sp³-hybridized carbons (Fsp3) is 0.304. The third-order valence-electron chi connectivity index (χ3n) is 5.27. The monoisotopic (exact) mass is 462 g/mol. The quantitative estimate of drug-likeness (QED) is 0.401. The van der Waals surface area contributed by atoms with Crippen molar-refractivity contribution in [3.8, 4) is 11.5 Å². The van der Waals surface area contributed by atoms with Gasteiger partial charge in [-0.25, -0.2) is 27.5 Å². The van der Waals surface area contributed by atoms with Crippen molar-refractivity contribution in [2.75, 3.05) is 25.5 Å². The summed E-state index contributed by atoms with van der Waals surface area (Å²) in [4.78, 5) is 10.5. The molecule has 6 nitrogen and oxygen atoms in total. The van der Waals surface area contributed by atoms with Crippen molar-refractivity contribution in [3.05, 3.63) is 71.6 Å². The third-order valence-corrected chi connectivity index (χ3v) is 5.27. The molecule has 174 valence electrons. The van der Waals surface area contributed by atoms with Gasteiger partial charge in [-0.15, -0.1) is 0 Å². The van der Waals surface area contributed by atoms with E-state index in [4.69, 9.17) is 9.47 Å². The molecule has 1 aliphatic heterocycles. The van der Waals surface area contributed by atoms with Crippen molar-refractivity contribution in [3.63, 3.8) is 0 Å². The molecule has 2 aromatic carbocycles. The van der Waals surface area contributed by atoms with Crippen molar-refractivity contribution in [2.24, 2.45) is 0 Å². The number of rotatable bonds is 7. The Morgan fingerprint density at radius 2 is 1.64 bits per heavy atom. The fourth-order valence-corrected chi connectivity index (χ4v) is 3.43. The zero-order valence-electron chi connectivity index (χ0n) is 17.8. The standard InChI is InChI=1S/C23H22F4N4O2/c1-31-7-5-15(6-8-31)33-16-4-2-3-14(9-16)30-23-28-11-17(12-29-23)32-13-18-21(26)19(24)10-20(25)22(18)27/h2-4,9-12,15H,5-8,13H2,1H3,(H,28,29,30). The van der Waals surface area contributed by atoms with E-state index in [1.54, 1.807) is 0 Å². The van der Waals surface area contributed by atoms with Gasteiger partial charge >= 0.3 is 0 Å². The number of likely N-dealkylation sites (tertiary alicyclic amines) is 1. The minimum Gasteiger partial charge on any atom is -0.490 e. The number of nitrogens with one attached hydrogen (secondary N) is 1. The Bertz CT molecular complexity index is 1080. The minimum absolute atomic E-state index is 0.0726. The minimum atomic E-state index is -1.50. The lowest BCUT2D eigenvalue weighted by Gasteiger charge is -2.29. The van der Waals surface area contributed by atoms with Crippen LogP contribution in [0, 0.1) is 23.3 Å². The Hall–Kier alpha value is -3.40. The van der Waals surface area contributed by atoms with Crippen LogP contribution >= 0.6 is 0 Å². The smallest absolute Gasteiger partial charge is 0.227 e. The molecule has 0 amide bonds. The zero-order valence-corrected chi connectivity index (χ0v) is 17.8. The number of hydrogen-bond donors (Lipinski definition) is 1. The fourth-order valence-electron chi connectivity index (χ4n) is 3.43. The van der Waals surface area contributed by atoms with Crippen LogP contribution in [0.2, 0.25) is 0 Å². The number of piperidine rings is 1. The molecule has 0 unspecified atom stereocenters. The van der Waals surface area contributed by atoms with Crippen LogP contribution in [-0.2, 0) is 6.61 Å². The van der Waals surface area contributed by atoms with Crippen molar-refractivity contribution < 1.29 is 27.0 Å². The van der Waals surface area contributed by atoms with E-state index in [0.29, 0.717) is 5.69 Å². The average molecular weight is 462 g/mol. The second-order valence-corrected chi connectivity index (χ2v) is 7.75. The van der Waals surface area contributed by atoms with E-state index < -0.39 is 35.4 Å². The van der Waals surface area contributed by atoms with E-state index in [0.717, 1.165) is 31.7 Å². The van der Waals surface area contributed by atoms with Crippen molar-refractivity contribution in [1.82, 2.24) is 14.9 Å². The Morgan fingerprint density at radius 1 is 0.970 bits per heavy atom. The Kier molecular flexibility index (Phi) is 6.93. The normalized spacial score (nSPS) is 14.8.